The summed E-state index contributed by atoms with van der Waals surface area (Å²) in [4.78, 5) is 13.0. The maximum absolute atomic E-state index is 4.47. The number of allylic oxidation sites excluding steroid dienone is 4. The molecule has 0 N–H and O–H groups in total. The van der Waals surface area contributed by atoms with E-state index in [0.717, 1.165) is 34.6 Å². The third kappa shape index (κ3) is 10.4. The van der Waals surface area contributed by atoms with E-state index in [1.165, 1.54) is 38.9 Å². The smallest absolute Gasteiger partial charge is 0.0704 e. The van der Waals surface area contributed by atoms with E-state index in [0.29, 0.717) is 0 Å². The Hall–Kier alpha value is -5.67. The molecule has 47 heavy (non-hydrogen) atoms. The Bertz CT molecular complexity index is 1890. The van der Waals surface area contributed by atoms with Gasteiger partial charge in [-0.15, -0.1) is 0 Å². The Kier molecular flexibility index (Phi) is 12.9. The maximum Gasteiger partial charge on any atom is 0.0704 e. The average molecular weight is 614 g/mol. The third-order valence-electron chi connectivity index (χ3n) is 7.68. The first-order chi connectivity index (χ1) is 22.9. The molecular weight excluding hydrogens is 571 g/mol. The van der Waals surface area contributed by atoms with Gasteiger partial charge in [0.15, 0.2) is 0 Å². The van der Waals surface area contributed by atoms with E-state index >= 15 is 0 Å². The van der Waals surface area contributed by atoms with Crippen molar-refractivity contribution in [2.45, 2.75) is 34.1 Å². The fourth-order valence-corrected chi connectivity index (χ4v) is 4.92. The van der Waals surface area contributed by atoms with Crippen molar-refractivity contribution in [3.63, 3.8) is 0 Å². The van der Waals surface area contributed by atoms with Gasteiger partial charge in [0.1, 0.15) is 0 Å². The molecule has 3 heterocycles. The second-order valence-corrected chi connectivity index (χ2v) is 11.3. The first-order valence-corrected chi connectivity index (χ1v) is 15.8. The summed E-state index contributed by atoms with van der Waals surface area (Å²) in [7, 11) is 0. The van der Waals surface area contributed by atoms with Gasteiger partial charge in [-0.2, -0.15) is 0 Å². The van der Waals surface area contributed by atoms with Gasteiger partial charge in [-0.3, -0.25) is 15.0 Å². The molecule has 0 amide bonds. The molecule has 234 valence electrons. The Morgan fingerprint density at radius 1 is 0.596 bits per heavy atom. The Labute approximate surface area is 280 Å². The van der Waals surface area contributed by atoms with Gasteiger partial charge in [0, 0.05) is 29.7 Å². The SMILES string of the molecule is C=C/C=C(/C)C(=C)c1ccccn1.Cc1ccc(Cc2ccc(C)c(-c3ccccn3)c2)cc1.Cc1ccccc1-c1ccccn1. The van der Waals surface area contributed by atoms with Gasteiger partial charge in [-0.05, 0) is 110 Å². The van der Waals surface area contributed by atoms with Crippen LogP contribution in [-0.4, -0.2) is 15.0 Å². The average Bonchev–Trinajstić information content (AvgIpc) is 3.12. The normalized spacial score (nSPS) is 10.5. The van der Waals surface area contributed by atoms with Gasteiger partial charge < -0.3 is 0 Å². The zero-order valence-electron chi connectivity index (χ0n) is 27.9. The summed E-state index contributed by atoms with van der Waals surface area (Å²) >= 11 is 0. The molecule has 0 bridgehead atoms. The number of pyridine rings is 3. The van der Waals surface area contributed by atoms with Crippen LogP contribution in [0.1, 0.15) is 40.4 Å². The van der Waals surface area contributed by atoms with Crippen molar-refractivity contribution >= 4 is 5.57 Å². The van der Waals surface area contributed by atoms with Gasteiger partial charge in [-0.1, -0.05) is 110 Å². The van der Waals surface area contributed by atoms with Crippen LogP contribution in [0.25, 0.3) is 28.1 Å². The van der Waals surface area contributed by atoms with E-state index in [9.17, 15) is 0 Å². The fraction of sp³-hybridized carbons (Fsp3) is 0.114. The van der Waals surface area contributed by atoms with Crippen LogP contribution in [-0.2, 0) is 6.42 Å². The van der Waals surface area contributed by atoms with Crippen molar-refractivity contribution in [3.8, 4) is 22.5 Å². The number of nitrogens with zero attached hydrogens (tertiary/aromatic N) is 3. The number of aryl methyl sites for hydroxylation is 3. The highest BCUT2D eigenvalue weighted by Crippen LogP contribution is 2.24. The van der Waals surface area contributed by atoms with Crippen molar-refractivity contribution in [2.75, 3.05) is 0 Å². The van der Waals surface area contributed by atoms with Crippen LogP contribution in [0.5, 0.6) is 0 Å². The second-order valence-electron chi connectivity index (χ2n) is 11.3. The molecule has 0 aliphatic rings. The maximum atomic E-state index is 4.47. The quantitative estimate of drug-likeness (QED) is 0.168. The van der Waals surface area contributed by atoms with E-state index in [4.69, 9.17) is 0 Å². The van der Waals surface area contributed by atoms with E-state index < -0.39 is 0 Å². The highest BCUT2D eigenvalue weighted by molar-refractivity contribution is 5.74. The van der Waals surface area contributed by atoms with Crippen LogP contribution in [0, 0.1) is 20.8 Å². The molecule has 0 spiro atoms. The van der Waals surface area contributed by atoms with E-state index in [-0.39, 0.29) is 0 Å². The molecule has 3 aromatic heterocycles. The highest BCUT2D eigenvalue weighted by Gasteiger charge is 2.05. The van der Waals surface area contributed by atoms with Crippen molar-refractivity contribution in [2.24, 2.45) is 0 Å². The molecular formula is C44H43N3. The summed E-state index contributed by atoms with van der Waals surface area (Å²) in [6.45, 7) is 16.0. The van der Waals surface area contributed by atoms with Crippen LogP contribution < -0.4 is 0 Å². The largest absolute Gasteiger partial charge is 0.256 e. The van der Waals surface area contributed by atoms with E-state index in [2.05, 4.69) is 110 Å². The summed E-state index contributed by atoms with van der Waals surface area (Å²) in [5, 5.41) is 0. The minimum Gasteiger partial charge on any atom is -0.256 e. The lowest BCUT2D eigenvalue weighted by Crippen LogP contribution is -1.92. The third-order valence-corrected chi connectivity index (χ3v) is 7.68. The molecule has 0 saturated heterocycles. The van der Waals surface area contributed by atoms with E-state index in [1.807, 2.05) is 86.1 Å². The topological polar surface area (TPSA) is 38.7 Å². The molecule has 6 aromatic rings. The molecule has 3 aromatic carbocycles. The van der Waals surface area contributed by atoms with Gasteiger partial charge in [0.05, 0.1) is 17.1 Å². The first-order valence-electron chi connectivity index (χ1n) is 15.8. The summed E-state index contributed by atoms with van der Waals surface area (Å²) in [6, 6.07) is 41.5. The van der Waals surface area contributed by atoms with Crippen molar-refractivity contribution < 1.29 is 0 Å². The van der Waals surface area contributed by atoms with Gasteiger partial charge >= 0.3 is 0 Å². The van der Waals surface area contributed by atoms with Crippen LogP contribution in [0.2, 0.25) is 0 Å². The minimum absolute atomic E-state index is 0.915. The molecule has 0 saturated carbocycles. The Balaban J connectivity index is 0.000000168. The van der Waals surface area contributed by atoms with Crippen molar-refractivity contribution in [3.05, 3.63) is 204 Å². The molecule has 6 rings (SSSR count). The monoisotopic (exact) mass is 613 g/mol. The van der Waals surface area contributed by atoms with Gasteiger partial charge in [0.2, 0.25) is 0 Å². The second kappa shape index (κ2) is 17.7. The standard InChI is InChI=1S/C20H19N.C12H11N.C12H13N/c1-15-6-9-17(10-7-15)13-18-11-8-16(2)19(14-18)20-5-3-4-12-21-20;1-10-6-2-3-7-11(10)12-8-4-5-9-13-12;1-4-7-10(2)11(3)12-8-5-6-9-13-12/h3-12,14H,13H2,1-2H3;2-9H,1H3;4-9H,1,3H2,2H3/b;;10-7-. The zero-order valence-corrected chi connectivity index (χ0v) is 27.9. The predicted octanol–water partition coefficient (Wildman–Crippen LogP) is 11.2. The Morgan fingerprint density at radius 3 is 1.72 bits per heavy atom. The van der Waals surface area contributed by atoms with Crippen molar-refractivity contribution in [1.82, 2.24) is 15.0 Å². The lowest BCUT2D eigenvalue weighted by molar-refractivity contribution is 1.18. The number of benzene rings is 3. The molecule has 3 heteroatoms. The zero-order chi connectivity index (χ0) is 33.4. The molecule has 0 fully saturated rings. The lowest BCUT2D eigenvalue weighted by Gasteiger charge is -2.09. The summed E-state index contributed by atoms with van der Waals surface area (Å²) < 4.78 is 0. The molecule has 0 unspecified atom stereocenters. The molecule has 0 atom stereocenters. The first kappa shape index (κ1) is 34.2. The van der Waals surface area contributed by atoms with Crippen LogP contribution in [0.3, 0.4) is 0 Å². The molecule has 0 radical (unpaired) electrons. The number of rotatable bonds is 7. The van der Waals surface area contributed by atoms with Crippen molar-refractivity contribution in [1.29, 1.82) is 0 Å². The number of hydrogen-bond donors (Lipinski definition) is 0. The van der Waals surface area contributed by atoms with Gasteiger partial charge in [-0.25, -0.2) is 0 Å². The Morgan fingerprint density at radius 2 is 1.15 bits per heavy atom. The number of hydrogen-bond acceptors (Lipinski definition) is 3. The van der Waals surface area contributed by atoms with E-state index in [1.54, 1.807) is 12.3 Å². The van der Waals surface area contributed by atoms with Crippen LogP contribution in [0.15, 0.2) is 171 Å². The number of aromatic nitrogens is 3. The molecule has 3 nitrogen and oxygen atoms in total. The molecule has 0 aliphatic carbocycles. The minimum atomic E-state index is 0.915. The van der Waals surface area contributed by atoms with Crippen LogP contribution >= 0.6 is 0 Å². The van der Waals surface area contributed by atoms with Crippen LogP contribution in [0.4, 0.5) is 0 Å². The molecule has 0 aliphatic heterocycles. The summed E-state index contributed by atoms with van der Waals surface area (Å²) in [5.41, 5.74) is 14.0. The predicted molar refractivity (Wildman–Crippen MR) is 200 cm³/mol. The summed E-state index contributed by atoms with van der Waals surface area (Å²) in [5.74, 6) is 0. The highest BCUT2D eigenvalue weighted by atomic mass is 14.7. The fourth-order valence-electron chi connectivity index (χ4n) is 4.92. The lowest BCUT2D eigenvalue weighted by atomic mass is 9.97. The summed E-state index contributed by atoms with van der Waals surface area (Å²) in [6.07, 6.45) is 10.1. The van der Waals surface area contributed by atoms with Gasteiger partial charge in [0.25, 0.3) is 0 Å².